The SMILES string of the molecule is O=C(O)C1CNCCC1c1c[nH]c2ccncc12. The van der Waals surface area contributed by atoms with E-state index in [0.717, 1.165) is 29.4 Å². The molecular formula is C13H15N3O2. The maximum absolute atomic E-state index is 11.3. The van der Waals surface area contributed by atoms with Crippen molar-refractivity contribution in [2.45, 2.75) is 12.3 Å². The second kappa shape index (κ2) is 4.42. The second-order valence-electron chi connectivity index (χ2n) is 4.71. The molecule has 5 heteroatoms. The lowest BCUT2D eigenvalue weighted by atomic mass is 9.81. The highest BCUT2D eigenvalue weighted by Crippen LogP contribution is 2.34. The standard InChI is InChI=1S/C13H15N3O2/c17-13(18)11-6-14-3-1-8(11)9-7-16-12-2-4-15-5-10(9)12/h2,4-5,7-8,11,14,16H,1,3,6H2,(H,17,18). The first-order valence-corrected chi connectivity index (χ1v) is 6.12. The third-order valence-corrected chi connectivity index (χ3v) is 3.71. The predicted octanol–water partition coefficient (Wildman–Crippen LogP) is 1.34. The van der Waals surface area contributed by atoms with Crippen molar-refractivity contribution in [1.82, 2.24) is 15.3 Å². The summed E-state index contributed by atoms with van der Waals surface area (Å²) in [4.78, 5) is 18.6. The number of carboxylic acids is 1. The van der Waals surface area contributed by atoms with Gasteiger partial charge in [0, 0.05) is 42.0 Å². The van der Waals surface area contributed by atoms with Gasteiger partial charge in [-0.05, 0) is 24.6 Å². The fourth-order valence-corrected chi connectivity index (χ4v) is 2.78. The number of hydrogen-bond donors (Lipinski definition) is 3. The lowest BCUT2D eigenvalue weighted by Gasteiger charge is -2.29. The van der Waals surface area contributed by atoms with Gasteiger partial charge in [-0.3, -0.25) is 9.78 Å². The van der Waals surface area contributed by atoms with Crippen LogP contribution in [-0.2, 0) is 4.79 Å². The number of hydrogen-bond acceptors (Lipinski definition) is 3. The van der Waals surface area contributed by atoms with Crippen LogP contribution in [0.4, 0.5) is 0 Å². The van der Waals surface area contributed by atoms with Crippen molar-refractivity contribution >= 4 is 16.9 Å². The van der Waals surface area contributed by atoms with Crippen LogP contribution in [0.2, 0.25) is 0 Å². The molecule has 0 saturated carbocycles. The van der Waals surface area contributed by atoms with Crippen LogP contribution in [-0.4, -0.2) is 34.1 Å². The van der Waals surface area contributed by atoms with E-state index in [1.807, 2.05) is 18.5 Å². The predicted molar refractivity (Wildman–Crippen MR) is 67.4 cm³/mol. The van der Waals surface area contributed by atoms with E-state index < -0.39 is 5.97 Å². The van der Waals surface area contributed by atoms with Gasteiger partial charge in [0.05, 0.1) is 5.92 Å². The summed E-state index contributed by atoms with van der Waals surface area (Å²) in [5, 5.41) is 13.5. The van der Waals surface area contributed by atoms with Crippen molar-refractivity contribution in [3.63, 3.8) is 0 Å². The number of carboxylic acid groups (broad SMARTS) is 1. The van der Waals surface area contributed by atoms with E-state index >= 15 is 0 Å². The molecule has 3 rings (SSSR count). The number of piperidine rings is 1. The van der Waals surface area contributed by atoms with Crippen molar-refractivity contribution in [3.8, 4) is 0 Å². The number of carbonyl (C=O) groups is 1. The largest absolute Gasteiger partial charge is 0.481 e. The Kier molecular flexibility index (Phi) is 2.76. The number of pyridine rings is 1. The molecular weight excluding hydrogens is 230 g/mol. The van der Waals surface area contributed by atoms with Gasteiger partial charge in [0.1, 0.15) is 0 Å². The molecule has 0 spiro atoms. The highest BCUT2D eigenvalue weighted by atomic mass is 16.4. The average Bonchev–Trinajstić information content (AvgIpc) is 2.82. The van der Waals surface area contributed by atoms with Crippen LogP contribution in [0.25, 0.3) is 10.9 Å². The molecule has 2 unspecified atom stereocenters. The molecule has 18 heavy (non-hydrogen) atoms. The number of nitrogens with zero attached hydrogens (tertiary/aromatic N) is 1. The summed E-state index contributed by atoms with van der Waals surface area (Å²) in [6, 6.07) is 1.91. The van der Waals surface area contributed by atoms with Gasteiger partial charge < -0.3 is 15.4 Å². The number of aromatic amines is 1. The summed E-state index contributed by atoms with van der Waals surface area (Å²) in [6.45, 7) is 1.40. The molecule has 3 N–H and O–H groups in total. The molecule has 2 atom stereocenters. The molecule has 2 aromatic rings. The Morgan fingerprint density at radius 1 is 1.50 bits per heavy atom. The summed E-state index contributed by atoms with van der Waals surface area (Å²) in [7, 11) is 0. The van der Waals surface area contributed by atoms with E-state index in [-0.39, 0.29) is 11.8 Å². The van der Waals surface area contributed by atoms with Gasteiger partial charge >= 0.3 is 5.97 Å². The van der Waals surface area contributed by atoms with E-state index in [4.69, 9.17) is 0 Å². The first-order valence-electron chi connectivity index (χ1n) is 6.12. The average molecular weight is 245 g/mol. The van der Waals surface area contributed by atoms with Crippen LogP contribution in [0.15, 0.2) is 24.7 Å². The van der Waals surface area contributed by atoms with Gasteiger partial charge in [-0.25, -0.2) is 0 Å². The Morgan fingerprint density at radius 3 is 3.22 bits per heavy atom. The van der Waals surface area contributed by atoms with E-state index in [9.17, 15) is 9.90 Å². The molecule has 5 nitrogen and oxygen atoms in total. The molecule has 3 heterocycles. The molecule has 0 aliphatic carbocycles. The molecule has 0 radical (unpaired) electrons. The zero-order valence-corrected chi connectivity index (χ0v) is 9.89. The molecule has 0 amide bonds. The van der Waals surface area contributed by atoms with Crippen LogP contribution in [0.3, 0.4) is 0 Å². The topological polar surface area (TPSA) is 78.0 Å². The first-order chi connectivity index (χ1) is 8.77. The Labute approximate surface area is 104 Å². The Hall–Kier alpha value is -1.88. The molecule has 1 fully saturated rings. The number of aliphatic carboxylic acids is 1. The first kappa shape index (κ1) is 11.2. The lowest BCUT2D eigenvalue weighted by molar-refractivity contribution is -0.142. The third kappa shape index (κ3) is 1.76. The summed E-state index contributed by atoms with van der Waals surface area (Å²) in [5.41, 5.74) is 2.09. The monoisotopic (exact) mass is 245 g/mol. The van der Waals surface area contributed by atoms with Crippen LogP contribution in [0.1, 0.15) is 17.9 Å². The second-order valence-corrected chi connectivity index (χ2v) is 4.71. The summed E-state index contributed by atoms with van der Waals surface area (Å²) in [6.07, 6.45) is 6.32. The lowest BCUT2D eigenvalue weighted by Crippen LogP contribution is -2.39. The zero-order valence-electron chi connectivity index (χ0n) is 9.89. The molecule has 0 aromatic carbocycles. The minimum absolute atomic E-state index is 0.0571. The van der Waals surface area contributed by atoms with Crippen molar-refractivity contribution in [2.75, 3.05) is 13.1 Å². The van der Waals surface area contributed by atoms with Gasteiger partial charge in [0.15, 0.2) is 0 Å². The van der Waals surface area contributed by atoms with E-state index in [1.165, 1.54) is 0 Å². The fraction of sp³-hybridized carbons (Fsp3) is 0.385. The van der Waals surface area contributed by atoms with E-state index in [0.29, 0.717) is 6.54 Å². The van der Waals surface area contributed by atoms with Gasteiger partial charge in [-0.1, -0.05) is 0 Å². The number of H-pyrrole nitrogens is 1. The molecule has 94 valence electrons. The Balaban J connectivity index is 2.04. The molecule has 0 bridgehead atoms. The Bertz CT molecular complexity index is 578. The van der Waals surface area contributed by atoms with Crippen LogP contribution < -0.4 is 5.32 Å². The molecule has 1 saturated heterocycles. The van der Waals surface area contributed by atoms with Crippen LogP contribution >= 0.6 is 0 Å². The highest BCUT2D eigenvalue weighted by molar-refractivity contribution is 5.84. The minimum Gasteiger partial charge on any atom is -0.481 e. The number of fused-ring (bicyclic) bond motifs is 1. The van der Waals surface area contributed by atoms with Crippen molar-refractivity contribution < 1.29 is 9.90 Å². The fourth-order valence-electron chi connectivity index (χ4n) is 2.78. The van der Waals surface area contributed by atoms with Crippen molar-refractivity contribution in [1.29, 1.82) is 0 Å². The van der Waals surface area contributed by atoms with E-state index in [2.05, 4.69) is 15.3 Å². The van der Waals surface area contributed by atoms with Crippen molar-refractivity contribution in [2.24, 2.45) is 5.92 Å². The maximum Gasteiger partial charge on any atom is 0.308 e. The quantitative estimate of drug-likeness (QED) is 0.746. The molecule has 1 aliphatic rings. The summed E-state index contributed by atoms with van der Waals surface area (Å²) >= 11 is 0. The number of rotatable bonds is 2. The third-order valence-electron chi connectivity index (χ3n) is 3.71. The van der Waals surface area contributed by atoms with Gasteiger partial charge in [-0.15, -0.1) is 0 Å². The van der Waals surface area contributed by atoms with Crippen LogP contribution in [0.5, 0.6) is 0 Å². The van der Waals surface area contributed by atoms with E-state index in [1.54, 1.807) is 6.20 Å². The maximum atomic E-state index is 11.3. The smallest absolute Gasteiger partial charge is 0.308 e. The van der Waals surface area contributed by atoms with Gasteiger partial charge in [0.2, 0.25) is 0 Å². The number of aromatic nitrogens is 2. The highest BCUT2D eigenvalue weighted by Gasteiger charge is 2.33. The zero-order chi connectivity index (χ0) is 12.5. The van der Waals surface area contributed by atoms with Crippen molar-refractivity contribution in [3.05, 3.63) is 30.2 Å². The summed E-state index contributed by atoms with van der Waals surface area (Å²) < 4.78 is 0. The molecule has 2 aromatic heterocycles. The van der Waals surface area contributed by atoms with Gasteiger partial charge in [-0.2, -0.15) is 0 Å². The summed E-state index contributed by atoms with van der Waals surface area (Å²) in [5.74, 6) is -1.04. The normalized spacial score (nSPS) is 24.2. The minimum atomic E-state index is -0.731. The van der Waals surface area contributed by atoms with Gasteiger partial charge in [0.25, 0.3) is 0 Å². The number of nitrogens with one attached hydrogen (secondary N) is 2. The molecule has 1 aliphatic heterocycles. The van der Waals surface area contributed by atoms with Crippen LogP contribution in [0, 0.1) is 5.92 Å². The Morgan fingerprint density at radius 2 is 2.39 bits per heavy atom.